The third-order valence-corrected chi connectivity index (χ3v) is 3.52. The van der Waals surface area contributed by atoms with Crippen LogP contribution in [0, 0.1) is 0 Å². The van der Waals surface area contributed by atoms with E-state index in [0.717, 1.165) is 0 Å². The van der Waals surface area contributed by atoms with Crippen LogP contribution in [0.2, 0.25) is 0 Å². The molecule has 0 saturated carbocycles. The van der Waals surface area contributed by atoms with E-state index < -0.39 is 12.2 Å². The number of para-hydroxylation sites is 1. The van der Waals surface area contributed by atoms with Crippen molar-refractivity contribution in [2.75, 3.05) is 0 Å². The minimum atomic E-state index is -2.95. The number of amides is 1. The molecule has 0 bridgehead atoms. The molecule has 144 valence electrons. The molecule has 1 aromatic heterocycles. The standard InChI is InChI=1S/C20H22F2N2O3/c1-20(2,3)24-18(26)16-11-13(8-9-23-16)10-15(25)12-14-6-4-5-7-17(14)27-19(21)22/h4-9,11,19H,10,12H2,1-3H3,(H,24,26). The van der Waals surface area contributed by atoms with Crippen molar-refractivity contribution in [3.05, 3.63) is 59.4 Å². The third-order valence-electron chi connectivity index (χ3n) is 3.52. The minimum Gasteiger partial charge on any atom is -0.435 e. The molecule has 2 aromatic rings. The number of hydrogen-bond acceptors (Lipinski definition) is 4. The molecule has 7 heteroatoms. The number of hydrogen-bond donors (Lipinski definition) is 1. The van der Waals surface area contributed by atoms with Crippen molar-refractivity contribution in [2.45, 2.75) is 45.8 Å². The van der Waals surface area contributed by atoms with Gasteiger partial charge in [0.2, 0.25) is 0 Å². The van der Waals surface area contributed by atoms with Gasteiger partial charge in [0, 0.05) is 30.1 Å². The van der Waals surface area contributed by atoms with Crippen LogP contribution < -0.4 is 10.1 Å². The fourth-order valence-corrected chi connectivity index (χ4v) is 2.48. The molecule has 0 saturated heterocycles. The molecule has 1 heterocycles. The zero-order chi connectivity index (χ0) is 20.0. The molecule has 1 amide bonds. The van der Waals surface area contributed by atoms with Crippen molar-refractivity contribution < 1.29 is 23.1 Å². The van der Waals surface area contributed by atoms with Crippen LogP contribution in [0.3, 0.4) is 0 Å². The molecular weight excluding hydrogens is 354 g/mol. The molecule has 0 unspecified atom stereocenters. The molecule has 2 rings (SSSR count). The van der Waals surface area contributed by atoms with Gasteiger partial charge in [-0.05, 0) is 44.5 Å². The van der Waals surface area contributed by atoms with Crippen molar-refractivity contribution in [3.8, 4) is 5.75 Å². The summed E-state index contributed by atoms with van der Waals surface area (Å²) in [5.74, 6) is -0.526. The highest BCUT2D eigenvalue weighted by molar-refractivity contribution is 5.93. The summed E-state index contributed by atoms with van der Waals surface area (Å²) < 4.78 is 29.4. The highest BCUT2D eigenvalue weighted by atomic mass is 19.3. The predicted molar refractivity (Wildman–Crippen MR) is 96.9 cm³/mol. The second-order valence-electron chi connectivity index (χ2n) is 7.13. The number of rotatable bonds is 7. The Morgan fingerprint density at radius 3 is 2.52 bits per heavy atom. The van der Waals surface area contributed by atoms with Crippen LogP contribution in [0.25, 0.3) is 0 Å². The number of pyridine rings is 1. The number of Topliss-reactive ketones (excluding diaryl/α,β-unsaturated/α-hetero) is 1. The highest BCUT2D eigenvalue weighted by Gasteiger charge is 2.17. The number of carbonyl (C=O) groups is 2. The Morgan fingerprint density at radius 1 is 1.15 bits per heavy atom. The highest BCUT2D eigenvalue weighted by Crippen LogP contribution is 2.21. The van der Waals surface area contributed by atoms with E-state index in [2.05, 4.69) is 15.0 Å². The monoisotopic (exact) mass is 376 g/mol. The van der Waals surface area contributed by atoms with Gasteiger partial charge in [0.05, 0.1) is 0 Å². The molecule has 0 radical (unpaired) electrons. The van der Waals surface area contributed by atoms with Gasteiger partial charge < -0.3 is 10.1 Å². The van der Waals surface area contributed by atoms with Gasteiger partial charge in [0.15, 0.2) is 0 Å². The molecular formula is C20H22F2N2O3. The Labute approximate surface area is 156 Å². The van der Waals surface area contributed by atoms with Crippen LogP contribution in [-0.2, 0) is 17.6 Å². The maximum absolute atomic E-state index is 12.5. The maximum atomic E-state index is 12.5. The molecule has 5 nitrogen and oxygen atoms in total. The normalized spacial score (nSPS) is 11.3. The summed E-state index contributed by atoms with van der Waals surface area (Å²) in [4.78, 5) is 28.6. The van der Waals surface area contributed by atoms with E-state index in [-0.39, 0.29) is 36.0 Å². The smallest absolute Gasteiger partial charge is 0.387 e. The van der Waals surface area contributed by atoms with Crippen LogP contribution in [0.5, 0.6) is 5.75 Å². The second kappa shape index (κ2) is 8.70. The molecule has 1 N–H and O–H groups in total. The second-order valence-corrected chi connectivity index (χ2v) is 7.13. The molecule has 0 atom stereocenters. The lowest BCUT2D eigenvalue weighted by Gasteiger charge is -2.20. The minimum absolute atomic E-state index is 0.0131. The van der Waals surface area contributed by atoms with Crippen molar-refractivity contribution in [1.29, 1.82) is 0 Å². The van der Waals surface area contributed by atoms with E-state index in [4.69, 9.17) is 0 Å². The summed E-state index contributed by atoms with van der Waals surface area (Å²) in [6.07, 6.45) is 1.48. The zero-order valence-electron chi connectivity index (χ0n) is 15.5. The molecule has 0 aliphatic rings. The Kier molecular flexibility index (Phi) is 6.60. The third kappa shape index (κ3) is 6.77. The van der Waals surface area contributed by atoms with Gasteiger partial charge in [-0.3, -0.25) is 14.6 Å². The van der Waals surface area contributed by atoms with Crippen LogP contribution in [0.1, 0.15) is 42.4 Å². The summed E-state index contributed by atoms with van der Waals surface area (Å²) in [6, 6.07) is 9.39. The van der Waals surface area contributed by atoms with E-state index in [1.165, 1.54) is 12.3 Å². The zero-order valence-corrected chi connectivity index (χ0v) is 15.5. The number of nitrogens with zero attached hydrogens (tertiary/aromatic N) is 1. The quantitative estimate of drug-likeness (QED) is 0.802. The summed E-state index contributed by atoms with van der Waals surface area (Å²) in [7, 11) is 0. The summed E-state index contributed by atoms with van der Waals surface area (Å²) >= 11 is 0. The fraction of sp³-hybridized carbons (Fsp3) is 0.350. The maximum Gasteiger partial charge on any atom is 0.387 e. The van der Waals surface area contributed by atoms with Crippen molar-refractivity contribution in [2.24, 2.45) is 0 Å². The van der Waals surface area contributed by atoms with Gasteiger partial charge in [-0.1, -0.05) is 18.2 Å². The van der Waals surface area contributed by atoms with E-state index in [0.29, 0.717) is 11.1 Å². The first-order valence-electron chi connectivity index (χ1n) is 8.46. The number of alkyl halides is 2. The number of aromatic nitrogens is 1. The Morgan fingerprint density at radius 2 is 1.85 bits per heavy atom. The summed E-state index contributed by atoms with van der Waals surface area (Å²) in [5, 5.41) is 2.81. The first kappa shape index (κ1) is 20.5. The first-order valence-corrected chi connectivity index (χ1v) is 8.46. The molecule has 27 heavy (non-hydrogen) atoms. The van der Waals surface area contributed by atoms with E-state index in [1.54, 1.807) is 30.3 Å². The lowest BCUT2D eigenvalue weighted by atomic mass is 10.0. The van der Waals surface area contributed by atoms with E-state index in [9.17, 15) is 18.4 Å². The molecule has 0 aliphatic heterocycles. The molecule has 1 aromatic carbocycles. The van der Waals surface area contributed by atoms with Gasteiger partial charge in [-0.2, -0.15) is 8.78 Å². The van der Waals surface area contributed by atoms with Gasteiger partial charge in [-0.25, -0.2) is 0 Å². The lowest BCUT2D eigenvalue weighted by Crippen LogP contribution is -2.40. The van der Waals surface area contributed by atoms with Crippen LogP contribution >= 0.6 is 0 Å². The summed E-state index contributed by atoms with van der Waals surface area (Å²) in [5.41, 5.74) is 0.833. The number of ketones is 1. The number of nitrogens with one attached hydrogen (secondary N) is 1. The van der Waals surface area contributed by atoms with E-state index >= 15 is 0 Å². The predicted octanol–water partition coefficient (Wildman–Crippen LogP) is 3.57. The van der Waals surface area contributed by atoms with Crippen LogP contribution in [0.4, 0.5) is 8.78 Å². The topological polar surface area (TPSA) is 68.3 Å². The first-order chi connectivity index (χ1) is 12.6. The largest absolute Gasteiger partial charge is 0.435 e. The fourth-order valence-electron chi connectivity index (χ4n) is 2.48. The average molecular weight is 376 g/mol. The number of carbonyl (C=O) groups excluding carboxylic acids is 2. The van der Waals surface area contributed by atoms with Crippen molar-refractivity contribution in [3.63, 3.8) is 0 Å². The Bertz CT molecular complexity index is 817. The summed E-state index contributed by atoms with van der Waals surface area (Å²) in [6.45, 7) is 2.62. The number of ether oxygens (including phenoxy) is 1. The van der Waals surface area contributed by atoms with Gasteiger partial charge in [-0.15, -0.1) is 0 Å². The lowest BCUT2D eigenvalue weighted by molar-refractivity contribution is -0.117. The molecule has 0 fully saturated rings. The van der Waals surface area contributed by atoms with Crippen LogP contribution in [0.15, 0.2) is 42.6 Å². The Balaban J connectivity index is 2.07. The van der Waals surface area contributed by atoms with Crippen LogP contribution in [-0.4, -0.2) is 28.8 Å². The van der Waals surface area contributed by atoms with Gasteiger partial charge in [0.1, 0.15) is 17.2 Å². The molecule has 0 aliphatic carbocycles. The van der Waals surface area contributed by atoms with E-state index in [1.807, 2.05) is 20.8 Å². The molecule has 0 spiro atoms. The SMILES string of the molecule is CC(C)(C)NC(=O)c1cc(CC(=O)Cc2ccccc2OC(F)F)ccn1. The number of benzene rings is 1. The number of halogens is 2. The average Bonchev–Trinajstić information content (AvgIpc) is 2.55. The van der Waals surface area contributed by atoms with Crippen molar-refractivity contribution in [1.82, 2.24) is 10.3 Å². The van der Waals surface area contributed by atoms with Gasteiger partial charge in [0.25, 0.3) is 5.91 Å². The van der Waals surface area contributed by atoms with Crippen molar-refractivity contribution >= 4 is 11.7 Å². The Hall–Kier alpha value is -2.83. The van der Waals surface area contributed by atoms with Gasteiger partial charge >= 0.3 is 6.61 Å².